The zero-order valence-electron chi connectivity index (χ0n) is 9.50. The standard InChI is InChI=1S/C12H22N2O/c15-12(11-7-3-4-8-13-11)14-9-5-1-2-6-10-14/h11,13H,1-10H2/t11-/m1/s1. The largest absolute Gasteiger partial charge is 0.341 e. The van der Waals surface area contributed by atoms with Crippen LogP contribution in [-0.4, -0.2) is 36.5 Å². The van der Waals surface area contributed by atoms with Gasteiger partial charge >= 0.3 is 0 Å². The van der Waals surface area contributed by atoms with E-state index in [-0.39, 0.29) is 6.04 Å². The summed E-state index contributed by atoms with van der Waals surface area (Å²) in [5, 5.41) is 3.35. The Morgan fingerprint density at radius 3 is 2.33 bits per heavy atom. The highest BCUT2D eigenvalue weighted by Crippen LogP contribution is 2.14. The Bertz CT molecular complexity index is 204. The van der Waals surface area contributed by atoms with Gasteiger partial charge in [-0.1, -0.05) is 19.3 Å². The van der Waals surface area contributed by atoms with Crippen LogP contribution in [0.15, 0.2) is 0 Å². The van der Waals surface area contributed by atoms with E-state index in [1.54, 1.807) is 0 Å². The smallest absolute Gasteiger partial charge is 0.239 e. The van der Waals surface area contributed by atoms with Crippen LogP contribution in [0, 0.1) is 0 Å². The van der Waals surface area contributed by atoms with Gasteiger partial charge in [0, 0.05) is 13.1 Å². The second-order valence-electron chi connectivity index (χ2n) is 4.74. The van der Waals surface area contributed by atoms with Gasteiger partial charge in [0.05, 0.1) is 6.04 Å². The molecule has 0 spiro atoms. The minimum absolute atomic E-state index is 0.122. The van der Waals surface area contributed by atoms with E-state index >= 15 is 0 Å². The fraction of sp³-hybridized carbons (Fsp3) is 0.917. The molecular weight excluding hydrogens is 188 g/mol. The van der Waals surface area contributed by atoms with Crippen molar-refractivity contribution in [2.24, 2.45) is 0 Å². The normalized spacial score (nSPS) is 28.5. The van der Waals surface area contributed by atoms with Crippen molar-refractivity contribution in [3.63, 3.8) is 0 Å². The van der Waals surface area contributed by atoms with Gasteiger partial charge in [0.1, 0.15) is 0 Å². The number of nitrogens with zero attached hydrogens (tertiary/aromatic N) is 1. The van der Waals surface area contributed by atoms with Crippen LogP contribution in [0.25, 0.3) is 0 Å². The molecule has 2 heterocycles. The molecule has 2 fully saturated rings. The molecular formula is C12H22N2O. The van der Waals surface area contributed by atoms with E-state index in [2.05, 4.69) is 10.2 Å². The Balaban J connectivity index is 1.87. The number of piperidine rings is 1. The molecule has 2 saturated heterocycles. The van der Waals surface area contributed by atoms with Gasteiger partial charge in [-0.05, 0) is 32.2 Å². The van der Waals surface area contributed by atoms with Crippen LogP contribution in [0.4, 0.5) is 0 Å². The highest BCUT2D eigenvalue weighted by Gasteiger charge is 2.25. The minimum atomic E-state index is 0.122. The molecule has 1 atom stereocenters. The van der Waals surface area contributed by atoms with Gasteiger partial charge in [0.15, 0.2) is 0 Å². The van der Waals surface area contributed by atoms with E-state index < -0.39 is 0 Å². The summed E-state index contributed by atoms with van der Waals surface area (Å²) in [6.07, 6.45) is 8.44. The maximum atomic E-state index is 12.2. The molecule has 3 heteroatoms. The first-order valence-electron chi connectivity index (χ1n) is 6.40. The summed E-state index contributed by atoms with van der Waals surface area (Å²) in [6.45, 7) is 2.98. The average molecular weight is 210 g/mol. The lowest BCUT2D eigenvalue weighted by molar-refractivity contribution is -0.134. The molecule has 0 aromatic rings. The van der Waals surface area contributed by atoms with E-state index in [0.29, 0.717) is 5.91 Å². The van der Waals surface area contributed by atoms with Gasteiger partial charge in [-0.3, -0.25) is 4.79 Å². The minimum Gasteiger partial charge on any atom is -0.341 e. The van der Waals surface area contributed by atoms with Gasteiger partial charge < -0.3 is 10.2 Å². The monoisotopic (exact) mass is 210 g/mol. The Morgan fingerprint density at radius 2 is 1.73 bits per heavy atom. The van der Waals surface area contributed by atoms with Crippen molar-refractivity contribution >= 4 is 5.91 Å². The first-order valence-corrected chi connectivity index (χ1v) is 6.40. The van der Waals surface area contributed by atoms with Crippen LogP contribution in [0.3, 0.4) is 0 Å². The summed E-state index contributed by atoms with van der Waals surface area (Å²) in [4.78, 5) is 14.2. The zero-order chi connectivity index (χ0) is 10.5. The van der Waals surface area contributed by atoms with E-state index in [9.17, 15) is 4.79 Å². The fourth-order valence-electron chi connectivity index (χ4n) is 2.57. The summed E-state index contributed by atoms with van der Waals surface area (Å²) < 4.78 is 0. The van der Waals surface area contributed by atoms with Gasteiger partial charge in [0.25, 0.3) is 0 Å². The molecule has 2 aliphatic rings. The Hall–Kier alpha value is -0.570. The molecule has 0 bridgehead atoms. The van der Waals surface area contributed by atoms with Crippen molar-refractivity contribution < 1.29 is 4.79 Å². The topological polar surface area (TPSA) is 32.3 Å². The molecule has 1 N–H and O–H groups in total. The van der Waals surface area contributed by atoms with Crippen LogP contribution in [-0.2, 0) is 4.79 Å². The molecule has 1 amide bonds. The van der Waals surface area contributed by atoms with Crippen molar-refractivity contribution in [2.75, 3.05) is 19.6 Å². The van der Waals surface area contributed by atoms with Gasteiger partial charge in [-0.2, -0.15) is 0 Å². The number of amides is 1. The number of carbonyl (C=O) groups excluding carboxylic acids is 1. The Kier molecular flexibility index (Phi) is 4.01. The van der Waals surface area contributed by atoms with Gasteiger partial charge in [-0.25, -0.2) is 0 Å². The van der Waals surface area contributed by atoms with E-state index in [4.69, 9.17) is 0 Å². The second kappa shape index (κ2) is 5.50. The van der Waals surface area contributed by atoms with Crippen LogP contribution in [0.2, 0.25) is 0 Å². The van der Waals surface area contributed by atoms with E-state index in [0.717, 1.165) is 26.1 Å². The molecule has 0 radical (unpaired) electrons. The number of likely N-dealkylation sites (tertiary alicyclic amines) is 1. The Labute approximate surface area is 92.2 Å². The number of nitrogens with one attached hydrogen (secondary N) is 1. The van der Waals surface area contributed by atoms with Crippen molar-refractivity contribution in [1.29, 1.82) is 0 Å². The maximum absolute atomic E-state index is 12.2. The second-order valence-corrected chi connectivity index (χ2v) is 4.74. The number of hydrogen-bond donors (Lipinski definition) is 1. The fourth-order valence-corrected chi connectivity index (χ4v) is 2.57. The third kappa shape index (κ3) is 2.94. The predicted octanol–water partition coefficient (Wildman–Crippen LogP) is 1.53. The third-order valence-corrected chi connectivity index (χ3v) is 3.53. The van der Waals surface area contributed by atoms with Crippen molar-refractivity contribution in [2.45, 2.75) is 51.0 Å². The molecule has 0 saturated carbocycles. The number of hydrogen-bond acceptors (Lipinski definition) is 2. The van der Waals surface area contributed by atoms with Crippen LogP contribution >= 0.6 is 0 Å². The summed E-state index contributed by atoms with van der Waals surface area (Å²) in [7, 11) is 0. The maximum Gasteiger partial charge on any atom is 0.239 e. The van der Waals surface area contributed by atoms with Crippen molar-refractivity contribution in [1.82, 2.24) is 10.2 Å². The first kappa shape index (κ1) is 10.9. The van der Waals surface area contributed by atoms with Crippen LogP contribution in [0.1, 0.15) is 44.9 Å². The number of carbonyl (C=O) groups is 1. The highest BCUT2D eigenvalue weighted by molar-refractivity contribution is 5.82. The van der Waals surface area contributed by atoms with E-state index in [1.807, 2.05) is 0 Å². The molecule has 86 valence electrons. The molecule has 3 nitrogen and oxygen atoms in total. The summed E-state index contributed by atoms with van der Waals surface area (Å²) in [6, 6.07) is 0.122. The summed E-state index contributed by atoms with van der Waals surface area (Å²) in [5.41, 5.74) is 0. The molecule has 0 aromatic heterocycles. The highest BCUT2D eigenvalue weighted by atomic mass is 16.2. The molecule has 2 rings (SSSR count). The lowest BCUT2D eigenvalue weighted by Gasteiger charge is -2.29. The zero-order valence-corrected chi connectivity index (χ0v) is 9.50. The van der Waals surface area contributed by atoms with Gasteiger partial charge in [0.2, 0.25) is 5.91 Å². The molecule has 0 aromatic carbocycles. The molecule has 2 aliphatic heterocycles. The van der Waals surface area contributed by atoms with E-state index in [1.165, 1.54) is 38.5 Å². The lowest BCUT2D eigenvalue weighted by atomic mass is 10.0. The summed E-state index contributed by atoms with van der Waals surface area (Å²) >= 11 is 0. The SMILES string of the molecule is O=C([C@H]1CCCCN1)N1CCCCCC1. The average Bonchev–Trinajstić information content (AvgIpc) is 2.58. The summed E-state index contributed by atoms with van der Waals surface area (Å²) in [5.74, 6) is 0.358. The molecule has 15 heavy (non-hydrogen) atoms. The molecule has 0 unspecified atom stereocenters. The quantitative estimate of drug-likeness (QED) is 0.712. The van der Waals surface area contributed by atoms with Crippen molar-refractivity contribution in [3.8, 4) is 0 Å². The Morgan fingerprint density at radius 1 is 1.00 bits per heavy atom. The predicted molar refractivity (Wildman–Crippen MR) is 60.7 cm³/mol. The van der Waals surface area contributed by atoms with Crippen molar-refractivity contribution in [3.05, 3.63) is 0 Å². The first-order chi connectivity index (χ1) is 7.38. The van der Waals surface area contributed by atoms with Gasteiger partial charge in [-0.15, -0.1) is 0 Å². The van der Waals surface area contributed by atoms with Crippen LogP contribution in [0.5, 0.6) is 0 Å². The van der Waals surface area contributed by atoms with Crippen LogP contribution < -0.4 is 5.32 Å². The number of rotatable bonds is 1. The molecule has 0 aliphatic carbocycles. The lowest BCUT2D eigenvalue weighted by Crippen LogP contribution is -2.48. The third-order valence-electron chi connectivity index (χ3n) is 3.53.